The van der Waals surface area contributed by atoms with Crippen LogP contribution < -0.4 is 5.73 Å². The highest BCUT2D eigenvalue weighted by Crippen LogP contribution is 2.36. The summed E-state index contributed by atoms with van der Waals surface area (Å²) in [5.41, 5.74) is 3.56. The molecule has 1 rings (SSSR count). The number of halogens is 3. The summed E-state index contributed by atoms with van der Waals surface area (Å²) in [6.45, 7) is 0.957. The van der Waals surface area contributed by atoms with E-state index in [-0.39, 0.29) is 6.61 Å². The minimum Gasteiger partial charge on any atom is -0.505 e. The number of benzene rings is 1. The zero-order valence-electron chi connectivity index (χ0n) is 10.8. The zero-order chi connectivity index (χ0) is 16.4. The summed E-state index contributed by atoms with van der Waals surface area (Å²) in [5.74, 6) is -10.5. The van der Waals surface area contributed by atoms with Gasteiger partial charge in [0.15, 0.2) is 11.6 Å². The van der Waals surface area contributed by atoms with Crippen LogP contribution in [0.4, 0.5) is 13.2 Å². The standard InChI is InChI=1S/C12H12F3NO5/c1-2-21-11(20)12(14,15)9(16)6-3-5(10(18)19)4-7(13)8(6)17/h3-4,9,17H,2,16H2,1H3,(H,18,19)/t9-/m1/s1. The number of aromatic carboxylic acids is 1. The van der Waals surface area contributed by atoms with Crippen LogP contribution in [0.1, 0.15) is 28.9 Å². The fourth-order valence-electron chi connectivity index (χ4n) is 1.53. The quantitative estimate of drug-likeness (QED) is 0.710. The highest BCUT2D eigenvalue weighted by molar-refractivity contribution is 5.88. The molecule has 0 spiro atoms. The Hall–Kier alpha value is -2.29. The van der Waals surface area contributed by atoms with Crippen LogP contribution in [0.25, 0.3) is 0 Å². The van der Waals surface area contributed by atoms with Crippen LogP contribution in [-0.2, 0) is 9.53 Å². The molecule has 4 N–H and O–H groups in total. The van der Waals surface area contributed by atoms with Crippen LogP contribution >= 0.6 is 0 Å². The van der Waals surface area contributed by atoms with Crippen molar-refractivity contribution in [1.82, 2.24) is 0 Å². The first-order chi connectivity index (χ1) is 9.62. The molecule has 1 aromatic carbocycles. The van der Waals surface area contributed by atoms with Crippen molar-refractivity contribution in [2.75, 3.05) is 6.61 Å². The number of rotatable bonds is 5. The van der Waals surface area contributed by atoms with Gasteiger partial charge in [0.1, 0.15) is 6.04 Å². The average Bonchev–Trinajstić information content (AvgIpc) is 2.40. The second-order valence-corrected chi connectivity index (χ2v) is 4.02. The van der Waals surface area contributed by atoms with E-state index in [1.807, 2.05) is 0 Å². The van der Waals surface area contributed by atoms with Gasteiger partial charge in [-0.25, -0.2) is 14.0 Å². The lowest BCUT2D eigenvalue weighted by molar-refractivity contribution is -0.174. The number of phenols is 1. The van der Waals surface area contributed by atoms with Crippen LogP contribution in [0.15, 0.2) is 12.1 Å². The van der Waals surface area contributed by atoms with E-state index < -0.39 is 46.6 Å². The van der Waals surface area contributed by atoms with Crippen molar-refractivity contribution in [3.8, 4) is 5.75 Å². The lowest BCUT2D eigenvalue weighted by Gasteiger charge is -2.22. The molecule has 116 valence electrons. The van der Waals surface area contributed by atoms with E-state index in [1.165, 1.54) is 6.92 Å². The van der Waals surface area contributed by atoms with E-state index in [0.29, 0.717) is 12.1 Å². The topological polar surface area (TPSA) is 110 Å². The van der Waals surface area contributed by atoms with Gasteiger partial charge in [0.25, 0.3) is 0 Å². The van der Waals surface area contributed by atoms with Gasteiger partial charge in [0.2, 0.25) is 0 Å². The molecule has 9 heteroatoms. The summed E-state index contributed by atoms with van der Waals surface area (Å²) in [7, 11) is 0. The Balaban J connectivity index is 3.32. The van der Waals surface area contributed by atoms with Gasteiger partial charge < -0.3 is 20.7 Å². The highest BCUT2D eigenvalue weighted by Gasteiger charge is 2.49. The Morgan fingerprint density at radius 2 is 2.00 bits per heavy atom. The third-order valence-electron chi connectivity index (χ3n) is 2.61. The second-order valence-electron chi connectivity index (χ2n) is 4.02. The fourth-order valence-corrected chi connectivity index (χ4v) is 1.53. The van der Waals surface area contributed by atoms with Crippen LogP contribution in [-0.4, -0.2) is 34.7 Å². The van der Waals surface area contributed by atoms with Gasteiger partial charge in [-0.1, -0.05) is 0 Å². The fraction of sp³-hybridized carbons (Fsp3) is 0.333. The van der Waals surface area contributed by atoms with E-state index in [9.17, 15) is 27.9 Å². The van der Waals surface area contributed by atoms with E-state index in [4.69, 9.17) is 10.8 Å². The van der Waals surface area contributed by atoms with Gasteiger partial charge in [-0.2, -0.15) is 8.78 Å². The highest BCUT2D eigenvalue weighted by atomic mass is 19.3. The number of esters is 1. The molecule has 0 saturated carbocycles. The van der Waals surface area contributed by atoms with Gasteiger partial charge >= 0.3 is 17.9 Å². The third kappa shape index (κ3) is 3.24. The number of carboxylic acid groups (broad SMARTS) is 1. The monoisotopic (exact) mass is 307 g/mol. The zero-order valence-corrected chi connectivity index (χ0v) is 10.8. The summed E-state index contributed by atoms with van der Waals surface area (Å²) in [4.78, 5) is 21.9. The van der Waals surface area contributed by atoms with Gasteiger partial charge in [-0.15, -0.1) is 0 Å². The molecule has 0 aromatic heterocycles. The van der Waals surface area contributed by atoms with Crippen molar-refractivity contribution in [3.63, 3.8) is 0 Å². The molecule has 1 atom stereocenters. The minimum atomic E-state index is -4.27. The molecule has 1 aromatic rings. The maximum Gasteiger partial charge on any atom is 0.379 e. The SMILES string of the molecule is CCOC(=O)C(F)(F)[C@H](N)c1cc(C(=O)O)cc(F)c1O. The average molecular weight is 307 g/mol. The van der Waals surface area contributed by atoms with Gasteiger partial charge in [-0.05, 0) is 19.1 Å². The summed E-state index contributed by atoms with van der Waals surface area (Å²) < 4.78 is 45.0. The number of nitrogens with two attached hydrogens (primary N) is 1. The van der Waals surface area contributed by atoms with Gasteiger partial charge in [-0.3, -0.25) is 0 Å². The summed E-state index contributed by atoms with van der Waals surface area (Å²) in [6.07, 6.45) is 0. The number of phenolic OH excluding ortho intramolecular Hbond substituents is 1. The molecule has 0 heterocycles. The van der Waals surface area contributed by atoms with Crippen molar-refractivity contribution in [2.45, 2.75) is 18.9 Å². The molecular formula is C12H12F3NO5. The molecule has 0 aliphatic heterocycles. The van der Waals surface area contributed by atoms with Gasteiger partial charge in [0, 0.05) is 5.56 Å². The van der Waals surface area contributed by atoms with E-state index in [0.717, 1.165) is 0 Å². The molecule has 21 heavy (non-hydrogen) atoms. The maximum atomic E-state index is 13.7. The third-order valence-corrected chi connectivity index (χ3v) is 2.61. The van der Waals surface area contributed by atoms with Crippen LogP contribution in [0.5, 0.6) is 5.75 Å². The summed E-state index contributed by atoms with van der Waals surface area (Å²) >= 11 is 0. The summed E-state index contributed by atoms with van der Waals surface area (Å²) in [6, 6.07) is -1.46. The molecule has 0 aliphatic rings. The number of hydrogen-bond acceptors (Lipinski definition) is 5. The molecule has 0 unspecified atom stereocenters. The Bertz CT molecular complexity index is 576. The first-order valence-electron chi connectivity index (χ1n) is 5.69. The Kier molecular flexibility index (Phi) is 4.79. The normalized spacial score (nSPS) is 12.8. The Morgan fingerprint density at radius 1 is 1.43 bits per heavy atom. The lowest BCUT2D eigenvalue weighted by atomic mass is 9.98. The number of carbonyl (C=O) groups is 2. The second kappa shape index (κ2) is 6.00. The molecule has 0 aliphatic carbocycles. The lowest BCUT2D eigenvalue weighted by Crippen LogP contribution is -2.42. The number of alkyl halides is 2. The molecular weight excluding hydrogens is 295 g/mol. The van der Waals surface area contributed by atoms with E-state index >= 15 is 0 Å². The number of carbonyl (C=O) groups excluding carboxylic acids is 1. The predicted molar refractivity (Wildman–Crippen MR) is 63.5 cm³/mol. The number of hydrogen-bond donors (Lipinski definition) is 3. The first-order valence-corrected chi connectivity index (χ1v) is 5.69. The molecule has 0 saturated heterocycles. The largest absolute Gasteiger partial charge is 0.505 e. The Labute approximate surface area is 116 Å². The predicted octanol–water partition coefficient (Wildman–Crippen LogP) is 1.43. The molecule has 0 amide bonds. The molecule has 0 fully saturated rings. The van der Waals surface area contributed by atoms with Crippen molar-refractivity contribution < 1.29 is 37.7 Å². The Morgan fingerprint density at radius 3 is 2.48 bits per heavy atom. The number of carboxylic acids is 1. The van der Waals surface area contributed by atoms with Crippen LogP contribution in [0, 0.1) is 5.82 Å². The first kappa shape index (κ1) is 16.8. The number of ether oxygens (including phenoxy) is 1. The summed E-state index contributed by atoms with van der Waals surface area (Å²) in [5, 5.41) is 18.2. The number of aromatic hydroxyl groups is 1. The molecule has 0 radical (unpaired) electrons. The van der Waals surface area contributed by atoms with Crippen molar-refractivity contribution >= 4 is 11.9 Å². The molecule has 0 bridgehead atoms. The molecule has 6 nitrogen and oxygen atoms in total. The van der Waals surface area contributed by atoms with Crippen molar-refractivity contribution in [3.05, 3.63) is 29.1 Å². The van der Waals surface area contributed by atoms with Gasteiger partial charge in [0.05, 0.1) is 12.2 Å². The smallest absolute Gasteiger partial charge is 0.379 e. The van der Waals surface area contributed by atoms with Crippen molar-refractivity contribution in [2.24, 2.45) is 5.73 Å². The van der Waals surface area contributed by atoms with Crippen LogP contribution in [0.3, 0.4) is 0 Å². The van der Waals surface area contributed by atoms with E-state index in [2.05, 4.69) is 4.74 Å². The van der Waals surface area contributed by atoms with Crippen molar-refractivity contribution in [1.29, 1.82) is 0 Å². The minimum absolute atomic E-state index is 0.337. The van der Waals surface area contributed by atoms with E-state index in [1.54, 1.807) is 0 Å². The van der Waals surface area contributed by atoms with Crippen LogP contribution in [0.2, 0.25) is 0 Å². The maximum absolute atomic E-state index is 13.7.